The highest BCUT2D eigenvalue weighted by molar-refractivity contribution is 5.87. The molecule has 68 heavy (non-hydrogen) atoms. The number of hydrogen-bond donors (Lipinski definition) is 0. The van der Waals surface area contributed by atoms with Crippen molar-refractivity contribution in [2.45, 2.75) is 41.5 Å². The molecule has 0 aliphatic carbocycles. The molecular formula is C66H56N2. The van der Waals surface area contributed by atoms with Gasteiger partial charge in [0.15, 0.2) is 0 Å². The van der Waals surface area contributed by atoms with Gasteiger partial charge >= 0.3 is 0 Å². The lowest BCUT2D eigenvalue weighted by Crippen LogP contribution is -2.14. The van der Waals surface area contributed by atoms with E-state index in [0.717, 1.165) is 22.7 Å². The van der Waals surface area contributed by atoms with Crippen molar-refractivity contribution in [3.05, 3.63) is 264 Å². The molecular weight excluding hydrogens is 821 g/mol. The average Bonchev–Trinajstić information content (AvgIpc) is 3.37. The summed E-state index contributed by atoms with van der Waals surface area (Å²) in [6.07, 6.45) is 0. The van der Waals surface area contributed by atoms with Crippen molar-refractivity contribution >= 4 is 34.1 Å². The van der Waals surface area contributed by atoms with Gasteiger partial charge in [-0.3, -0.25) is 0 Å². The Hall–Kier alpha value is -8.20. The van der Waals surface area contributed by atoms with Crippen molar-refractivity contribution in [1.29, 1.82) is 0 Å². The molecule has 0 N–H and O–H groups in total. The van der Waals surface area contributed by atoms with E-state index in [4.69, 9.17) is 0 Å². The Morgan fingerprint density at radius 2 is 0.456 bits per heavy atom. The number of para-hydroxylation sites is 2. The molecule has 2 heteroatoms. The Balaban J connectivity index is 0.961. The second-order valence-corrected chi connectivity index (χ2v) is 18.1. The lowest BCUT2D eigenvalue weighted by molar-refractivity contribution is 1.20. The fourth-order valence-corrected chi connectivity index (χ4v) is 9.84. The number of nitrogens with zero attached hydrogens (tertiary/aromatic N) is 2. The quantitative estimate of drug-likeness (QED) is 0.128. The number of benzene rings is 10. The minimum Gasteiger partial charge on any atom is -0.310 e. The zero-order chi connectivity index (χ0) is 46.7. The van der Waals surface area contributed by atoms with Gasteiger partial charge in [0, 0.05) is 22.7 Å². The molecule has 0 fully saturated rings. The molecule has 0 aromatic heterocycles. The normalized spacial score (nSPS) is 11.1. The number of hydrogen-bond acceptors (Lipinski definition) is 2. The van der Waals surface area contributed by atoms with Crippen LogP contribution in [0.15, 0.2) is 231 Å². The van der Waals surface area contributed by atoms with E-state index >= 15 is 0 Å². The molecule has 10 aromatic rings. The van der Waals surface area contributed by atoms with E-state index in [1.807, 2.05) is 0 Å². The molecule has 0 radical (unpaired) electrons. The van der Waals surface area contributed by atoms with E-state index in [9.17, 15) is 0 Å². The van der Waals surface area contributed by atoms with E-state index in [0.29, 0.717) is 0 Å². The molecule has 0 unspecified atom stereocenters. The summed E-state index contributed by atoms with van der Waals surface area (Å²) in [7, 11) is 0. The Morgan fingerprint density at radius 3 is 0.735 bits per heavy atom. The van der Waals surface area contributed by atoms with Crippen LogP contribution in [0.1, 0.15) is 33.4 Å². The molecule has 0 heterocycles. The van der Waals surface area contributed by atoms with Gasteiger partial charge in [0.1, 0.15) is 0 Å². The summed E-state index contributed by atoms with van der Waals surface area (Å²) in [5.74, 6) is 0. The molecule has 0 amide bonds. The fourth-order valence-electron chi connectivity index (χ4n) is 9.84. The molecule has 0 saturated carbocycles. The van der Waals surface area contributed by atoms with Crippen molar-refractivity contribution in [3.8, 4) is 55.6 Å². The molecule has 0 atom stereocenters. The van der Waals surface area contributed by atoms with Gasteiger partial charge in [0.25, 0.3) is 0 Å². The van der Waals surface area contributed by atoms with Gasteiger partial charge in [-0.1, -0.05) is 182 Å². The first kappa shape index (κ1) is 43.7. The van der Waals surface area contributed by atoms with E-state index < -0.39 is 0 Å². The topological polar surface area (TPSA) is 6.48 Å². The highest BCUT2D eigenvalue weighted by Gasteiger charge is 2.22. The minimum absolute atomic E-state index is 1.13. The van der Waals surface area contributed by atoms with Crippen molar-refractivity contribution in [2.24, 2.45) is 0 Å². The van der Waals surface area contributed by atoms with Crippen LogP contribution in [-0.2, 0) is 0 Å². The van der Waals surface area contributed by atoms with Crippen LogP contribution in [0.5, 0.6) is 0 Å². The molecule has 0 spiro atoms. The van der Waals surface area contributed by atoms with E-state index in [-0.39, 0.29) is 0 Å². The first-order valence-corrected chi connectivity index (χ1v) is 23.7. The Kier molecular flexibility index (Phi) is 12.2. The summed E-state index contributed by atoms with van der Waals surface area (Å²) in [5, 5.41) is 0. The summed E-state index contributed by atoms with van der Waals surface area (Å²) >= 11 is 0. The van der Waals surface area contributed by atoms with Gasteiger partial charge in [-0.25, -0.2) is 0 Å². The van der Waals surface area contributed by atoms with Crippen LogP contribution in [0.3, 0.4) is 0 Å². The molecule has 330 valence electrons. The third-order valence-corrected chi connectivity index (χ3v) is 13.4. The molecule has 0 aliphatic rings. The van der Waals surface area contributed by atoms with Gasteiger partial charge in [0.2, 0.25) is 0 Å². The van der Waals surface area contributed by atoms with Crippen LogP contribution in [0.25, 0.3) is 55.6 Å². The number of aryl methyl sites for hydroxylation is 6. The highest BCUT2D eigenvalue weighted by atomic mass is 15.2. The van der Waals surface area contributed by atoms with E-state index in [1.54, 1.807) is 0 Å². The number of anilines is 6. The Labute approximate surface area is 403 Å². The van der Waals surface area contributed by atoms with Crippen molar-refractivity contribution in [3.63, 3.8) is 0 Å². The maximum Gasteiger partial charge on any atom is 0.0520 e. The van der Waals surface area contributed by atoms with Gasteiger partial charge in [-0.15, -0.1) is 0 Å². The molecule has 0 bridgehead atoms. The van der Waals surface area contributed by atoms with Crippen LogP contribution in [0, 0.1) is 41.5 Å². The molecule has 0 aliphatic heterocycles. The Bertz CT molecular complexity index is 3080. The zero-order valence-corrected chi connectivity index (χ0v) is 39.8. The zero-order valence-electron chi connectivity index (χ0n) is 39.8. The maximum absolute atomic E-state index is 2.44. The predicted octanol–water partition coefficient (Wildman–Crippen LogP) is 18.8. The molecule has 2 nitrogen and oxygen atoms in total. The first-order chi connectivity index (χ1) is 33.2. The minimum atomic E-state index is 1.13. The van der Waals surface area contributed by atoms with Crippen molar-refractivity contribution in [1.82, 2.24) is 0 Å². The van der Waals surface area contributed by atoms with Crippen molar-refractivity contribution < 1.29 is 0 Å². The average molecular weight is 877 g/mol. The van der Waals surface area contributed by atoms with Crippen LogP contribution in [-0.4, -0.2) is 0 Å². The predicted molar refractivity (Wildman–Crippen MR) is 291 cm³/mol. The summed E-state index contributed by atoms with van der Waals surface area (Å²) in [4.78, 5) is 4.88. The largest absolute Gasteiger partial charge is 0.310 e. The monoisotopic (exact) mass is 876 g/mol. The summed E-state index contributed by atoms with van der Waals surface area (Å²) in [5.41, 5.74) is 26.4. The highest BCUT2D eigenvalue weighted by Crippen LogP contribution is 2.44. The SMILES string of the molecule is Cc1cc(-c2ccc(N(c3ccc(-c4ccc(-c5ccccc5)cc4)cc3)c3c(C)cccc3C)c(C)c2)ccc1N(c1ccc(-c2ccc(-c3ccccc3)cc2)cc1)c1c(C)cccc1C. The van der Waals surface area contributed by atoms with Crippen LogP contribution in [0.4, 0.5) is 34.1 Å². The third kappa shape index (κ3) is 8.77. The smallest absolute Gasteiger partial charge is 0.0520 e. The standard InChI is InChI=1S/C66H56N2/c1-45-15-13-16-46(2)65(45)67(61-37-31-57(32-38-61)55-27-23-53(24-28-55)51-19-9-7-10-20-51)63-41-35-59(43-49(63)5)60-36-42-64(50(6)44-60)68(66-47(3)17-14-18-48(66)4)62-39-33-58(34-40-62)56-29-25-54(26-30-56)52-21-11-8-12-22-52/h7-44H,1-6H3. The van der Waals surface area contributed by atoms with E-state index in [1.165, 1.54) is 100 Å². The van der Waals surface area contributed by atoms with Gasteiger partial charge in [0.05, 0.1) is 11.4 Å². The fraction of sp³-hybridized carbons (Fsp3) is 0.0909. The Morgan fingerprint density at radius 1 is 0.206 bits per heavy atom. The summed E-state index contributed by atoms with van der Waals surface area (Å²) in [6, 6.07) is 84.0. The second-order valence-electron chi connectivity index (χ2n) is 18.1. The van der Waals surface area contributed by atoms with E-state index in [2.05, 4.69) is 282 Å². The second kappa shape index (κ2) is 19.0. The maximum atomic E-state index is 2.44. The van der Waals surface area contributed by atoms with Crippen LogP contribution >= 0.6 is 0 Å². The van der Waals surface area contributed by atoms with Gasteiger partial charge in [-0.05, 0) is 179 Å². The van der Waals surface area contributed by atoms with Crippen LogP contribution in [0.2, 0.25) is 0 Å². The summed E-state index contributed by atoms with van der Waals surface area (Å²) < 4.78 is 0. The lowest BCUT2D eigenvalue weighted by atomic mass is 9.97. The van der Waals surface area contributed by atoms with Crippen molar-refractivity contribution in [2.75, 3.05) is 9.80 Å². The first-order valence-electron chi connectivity index (χ1n) is 23.7. The number of rotatable bonds is 11. The lowest BCUT2D eigenvalue weighted by Gasteiger charge is -2.31. The molecule has 10 rings (SSSR count). The summed E-state index contributed by atoms with van der Waals surface area (Å²) in [6.45, 7) is 13.3. The third-order valence-electron chi connectivity index (χ3n) is 13.4. The van der Waals surface area contributed by atoms with Crippen LogP contribution < -0.4 is 9.80 Å². The van der Waals surface area contributed by atoms with Gasteiger partial charge < -0.3 is 9.80 Å². The van der Waals surface area contributed by atoms with Gasteiger partial charge in [-0.2, -0.15) is 0 Å². The molecule has 10 aromatic carbocycles. The molecule has 0 saturated heterocycles.